The summed E-state index contributed by atoms with van der Waals surface area (Å²) in [7, 11) is 0. The second kappa shape index (κ2) is 4.08. The second-order valence-electron chi connectivity index (χ2n) is 6.24. The minimum atomic E-state index is 0.200. The summed E-state index contributed by atoms with van der Waals surface area (Å²) < 4.78 is 0. The van der Waals surface area contributed by atoms with Crippen molar-refractivity contribution in [3.8, 4) is 0 Å². The van der Waals surface area contributed by atoms with Gasteiger partial charge in [-0.1, -0.05) is 12.5 Å². The van der Waals surface area contributed by atoms with Gasteiger partial charge in [0.05, 0.1) is 0 Å². The summed E-state index contributed by atoms with van der Waals surface area (Å²) in [4.78, 5) is 23.1. The lowest BCUT2D eigenvalue weighted by molar-refractivity contribution is -0.118. The smallest absolute Gasteiger partial charge is 0.159 e. The van der Waals surface area contributed by atoms with Crippen LogP contribution < -0.4 is 0 Å². The minimum absolute atomic E-state index is 0.200. The lowest BCUT2D eigenvalue weighted by Gasteiger charge is -2.19. The van der Waals surface area contributed by atoms with Gasteiger partial charge in [0, 0.05) is 12.8 Å². The van der Waals surface area contributed by atoms with Crippen molar-refractivity contribution in [2.45, 2.75) is 53.4 Å². The van der Waals surface area contributed by atoms with Crippen LogP contribution in [0.5, 0.6) is 0 Å². The number of hydrogen-bond donors (Lipinski definition) is 0. The third kappa shape index (κ3) is 2.10. The minimum Gasteiger partial charge on any atom is -0.300 e. The zero-order chi connectivity index (χ0) is 12.8. The van der Waals surface area contributed by atoms with Gasteiger partial charge in [-0.15, -0.1) is 0 Å². The van der Waals surface area contributed by atoms with Gasteiger partial charge in [-0.25, -0.2) is 0 Å². The molecule has 0 aromatic heterocycles. The monoisotopic (exact) mass is 234 g/mol. The molecule has 0 aromatic carbocycles. The number of hydrogen-bond acceptors (Lipinski definition) is 2. The number of carbonyl (C=O) groups is 2. The molecule has 17 heavy (non-hydrogen) atoms. The highest BCUT2D eigenvalue weighted by Gasteiger charge is 2.63. The van der Waals surface area contributed by atoms with Crippen molar-refractivity contribution in [1.29, 1.82) is 0 Å². The molecule has 0 radical (unpaired) electrons. The first-order valence-electron chi connectivity index (χ1n) is 6.55. The summed E-state index contributed by atoms with van der Waals surface area (Å²) in [6.07, 6.45) is 3.29. The molecule has 2 saturated carbocycles. The summed E-state index contributed by atoms with van der Waals surface area (Å²) in [5.74, 6) is 1.84. The molecule has 0 spiro atoms. The quantitative estimate of drug-likeness (QED) is 0.702. The zero-order valence-corrected chi connectivity index (χ0v) is 11.3. The van der Waals surface area contributed by atoms with Crippen LogP contribution in [0.4, 0.5) is 0 Å². The Morgan fingerprint density at radius 1 is 1.35 bits per heavy atom. The van der Waals surface area contributed by atoms with E-state index < -0.39 is 0 Å². The van der Waals surface area contributed by atoms with Gasteiger partial charge in [0.2, 0.25) is 0 Å². The third-order valence-corrected chi connectivity index (χ3v) is 4.78. The first-order chi connectivity index (χ1) is 7.86. The van der Waals surface area contributed by atoms with Crippen LogP contribution in [0.1, 0.15) is 53.4 Å². The van der Waals surface area contributed by atoms with E-state index >= 15 is 0 Å². The Kier molecular flexibility index (Phi) is 3.01. The van der Waals surface area contributed by atoms with Gasteiger partial charge in [-0.3, -0.25) is 4.79 Å². The molecule has 94 valence electrons. The number of carbonyl (C=O) groups excluding carboxylic acids is 2. The van der Waals surface area contributed by atoms with E-state index in [1.165, 1.54) is 5.57 Å². The first kappa shape index (κ1) is 12.5. The predicted octanol–water partition coefficient (Wildman–Crippen LogP) is 3.31. The lowest BCUT2D eigenvalue weighted by atomic mass is 9.84. The first-order valence-corrected chi connectivity index (χ1v) is 6.55. The predicted molar refractivity (Wildman–Crippen MR) is 67.6 cm³/mol. The second-order valence-corrected chi connectivity index (χ2v) is 6.24. The molecule has 0 aliphatic heterocycles. The van der Waals surface area contributed by atoms with Gasteiger partial charge in [0.1, 0.15) is 5.78 Å². The number of allylic oxidation sites excluding steroid dienone is 2. The van der Waals surface area contributed by atoms with E-state index in [0.717, 1.165) is 18.4 Å². The average molecular weight is 234 g/mol. The molecule has 0 amide bonds. The Labute approximate surface area is 103 Å². The Morgan fingerprint density at radius 3 is 2.53 bits per heavy atom. The van der Waals surface area contributed by atoms with E-state index in [1.807, 2.05) is 13.8 Å². The van der Waals surface area contributed by atoms with Crippen LogP contribution in [-0.4, -0.2) is 11.6 Å². The Bertz CT molecular complexity index is 401. The van der Waals surface area contributed by atoms with Crippen LogP contribution in [0.3, 0.4) is 0 Å². The van der Waals surface area contributed by atoms with Crippen molar-refractivity contribution in [1.82, 2.24) is 0 Å². The molecule has 2 aliphatic carbocycles. The van der Waals surface area contributed by atoms with Crippen molar-refractivity contribution in [3.05, 3.63) is 11.1 Å². The largest absolute Gasteiger partial charge is 0.300 e. The van der Waals surface area contributed by atoms with E-state index in [1.54, 1.807) is 6.92 Å². The maximum Gasteiger partial charge on any atom is 0.159 e. The summed E-state index contributed by atoms with van der Waals surface area (Å²) in [5, 5.41) is 0. The molecular weight excluding hydrogens is 212 g/mol. The van der Waals surface area contributed by atoms with Crippen molar-refractivity contribution >= 4 is 11.6 Å². The van der Waals surface area contributed by atoms with Crippen LogP contribution in [0.25, 0.3) is 0 Å². The number of rotatable bonds is 3. The van der Waals surface area contributed by atoms with Gasteiger partial charge in [0.15, 0.2) is 5.78 Å². The third-order valence-electron chi connectivity index (χ3n) is 4.78. The molecule has 0 heterocycles. The highest BCUT2D eigenvalue weighted by Crippen LogP contribution is 2.67. The van der Waals surface area contributed by atoms with E-state index in [-0.39, 0.29) is 11.2 Å². The Hall–Kier alpha value is -0.920. The fourth-order valence-corrected chi connectivity index (χ4v) is 3.56. The van der Waals surface area contributed by atoms with Crippen LogP contribution in [0.15, 0.2) is 11.1 Å². The van der Waals surface area contributed by atoms with Gasteiger partial charge < -0.3 is 4.79 Å². The summed E-state index contributed by atoms with van der Waals surface area (Å²) >= 11 is 0. The fourth-order valence-electron chi connectivity index (χ4n) is 3.56. The molecule has 2 rings (SSSR count). The molecule has 2 nitrogen and oxygen atoms in total. The van der Waals surface area contributed by atoms with Crippen molar-refractivity contribution < 1.29 is 9.59 Å². The topological polar surface area (TPSA) is 34.1 Å². The standard InChI is InChI=1S/C15H22O2/c1-9(2)11-7-13-12(6-5-10(3)16)15(13,4)8-14(11)17/h12-13H,5-8H2,1-4H3/t12-,13?,15-/m0/s1. The Balaban J connectivity index is 2.07. The fraction of sp³-hybridized carbons (Fsp3) is 0.733. The highest BCUT2D eigenvalue weighted by atomic mass is 16.1. The van der Waals surface area contributed by atoms with Gasteiger partial charge in [-0.05, 0) is 56.4 Å². The van der Waals surface area contributed by atoms with Crippen molar-refractivity contribution in [3.63, 3.8) is 0 Å². The zero-order valence-electron chi connectivity index (χ0n) is 11.3. The van der Waals surface area contributed by atoms with Crippen LogP contribution >= 0.6 is 0 Å². The van der Waals surface area contributed by atoms with Gasteiger partial charge in [-0.2, -0.15) is 0 Å². The molecule has 1 unspecified atom stereocenters. The summed E-state index contributed by atoms with van der Waals surface area (Å²) in [5.41, 5.74) is 2.43. The molecule has 2 heteroatoms. The summed E-state index contributed by atoms with van der Waals surface area (Å²) in [6, 6.07) is 0. The van der Waals surface area contributed by atoms with E-state index in [0.29, 0.717) is 30.5 Å². The highest BCUT2D eigenvalue weighted by molar-refractivity contribution is 5.98. The molecule has 0 bridgehead atoms. The molecule has 0 N–H and O–H groups in total. The number of fused-ring (bicyclic) bond motifs is 1. The molecular formula is C15H22O2. The van der Waals surface area contributed by atoms with Gasteiger partial charge in [0.25, 0.3) is 0 Å². The molecule has 2 fully saturated rings. The molecule has 2 aliphatic rings. The van der Waals surface area contributed by atoms with Gasteiger partial charge >= 0.3 is 0 Å². The molecule has 0 aromatic rings. The summed E-state index contributed by atoms with van der Waals surface area (Å²) in [6.45, 7) is 7.94. The van der Waals surface area contributed by atoms with E-state index in [4.69, 9.17) is 0 Å². The maximum absolute atomic E-state index is 12.0. The van der Waals surface area contributed by atoms with E-state index in [2.05, 4.69) is 6.92 Å². The van der Waals surface area contributed by atoms with Crippen LogP contribution in [0.2, 0.25) is 0 Å². The normalized spacial score (nSPS) is 35.5. The van der Waals surface area contributed by atoms with Crippen LogP contribution in [0, 0.1) is 17.3 Å². The maximum atomic E-state index is 12.0. The lowest BCUT2D eigenvalue weighted by Crippen LogP contribution is -2.18. The SMILES string of the molecule is CC(=O)CC[C@H]1C2CC(=C(C)C)C(=O)C[C@]21C. The van der Waals surface area contributed by atoms with Crippen LogP contribution in [-0.2, 0) is 9.59 Å². The number of ketones is 2. The molecule has 0 saturated heterocycles. The van der Waals surface area contributed by atoms with Crippen molar-refractivity contribution in [2.75, 3.05) is 0 Å². The average Bonchev–Trinajstić information content (AvgIpc) is 2.76. The van der Waals surface area contributed by atoms with E-state index in [9.17, 15) is 9.59 Å². The Morgan fingerprint density at radius 2 is 2.00 bits per heavy atom. The molecule has 3 atom stereocenters. The van der Waals surface area contributed by atoms with Crippen molar-refractivity contribution in [2.24, 2.45) is 17.3 Å². The number of Topliss-reactive ketones (excluding diaryl/α,β-unsaturated/α-hetero) is 2.